The summed E-state index contributed by atoms with van der Waals surface area (Å²) in [5.74, 6) is -1.20. The van der Waals surface area contributed by atoms with E-state index in [1.807, 2.05) is 0 Å². The lowest BCUT2D eigenvalue weighted by Gasteiger charge is -2.10. The van der Waals surface area contributed by atoms with E-state index < -0.39 is 23.6 Å². The first kappa shape index (κ1) is 17.8. The highest BCUT2D eigenvalue weighted by atomic mass is 19.4. The molecule has 28 heavy (non-hydrogen) atoms. The maximum atomic E-state index is 12.7. The minimum absolute atomic E-state index is 0.0607. The average molecular weight is 392 g/mol. The molecule has 8 nitrogen and oxygen atoms in total. The second-order valence-corrected chi connectivity index (χ2v) is 5.74. The number of imidazole rings is 1. The number of carbonyl (C=O) groups excluding carboxylic acids is 1. The zero-order valence-corrected chi connectivity index (χ0v) is 14.2. The maximum absolute atomic E-state index is 12.7. The highest BCUT2D eigenvalue weighted by Crippen LogP contribution is 2.29. The lowest BCUT2D eigenvalue weighted by Crippen LogP contribution is -2.17. The SMILES string of the molecule is CCOC(=O)c1ncn2c(=O)c3cnc4ccc(OC(F)(F)F)cc4c3[nH]c12. The molecule has 0 fully saturated rings. The van der Waals surface area contributed by atoms with Crippen LogP contribution in [-0.4, -0.2) is 38.3 Å². The van der Waals surface area contributed by atoms with Gasteiger partial charge in [0.05, 0.1) is 23.0 Å². The minimum atomic E-state index is -4.87. The van der Waals surface area contributed by atoms with Gasteiger partial charge in [-0.15, -0.1) is 13.2 Å². The van der Waals surface area contributed by atoms with E-state index in [2.05, 4.69) is 19.7 Å². The third-order valence-electron chi connectivity index (χ3n) is 4.00. The molecule has 0 aliphatic carbocycles. The van der Waals surface area contributed by atoms with E-state index in [0.717, 1.165) is 22.9 Å². The molecule has 4 rings (SSSR count). The van der Waals surface area contributed by atoms with Gasteiger partial charge in [0.1, 0.15) is 12.1 Å². The molecular weight excluding hydrogens is 381 g/mol. The molecule has 0 radical (unpaired) electrons. The van der Waals surface area contributed by atoms with Crippen molar-refractivity contribution >= 4 is 33.4 Å². The van der Waals surface area contributed by atoms with Crippen molar-refractivity contribution in [3.8, 4) is 5.75 Å². The summed E-state index contributed by atoms with van der Waals surface area (Å²) in [6.07, 6.45) is -2.41. The van der Waals surface area contributed by atoms with Gasteiger partial charge in [-0.3, -0.25) is 9.78 Å². The molecule has 144 valence electrons. The molecular formula is C17H11F3N4O4. The largest absolute Gasteiger partial charge is 0.573 e. The molecule has 3 heterocycles. The predicted molar refractivity (Wildman–Crippen MR) is 91.3 cm³/mol. The van der Waals surface area contributed by atoms with Crippen LogP contribution in [0.25, 0.3) is 27.5 Å². The number of fused-ring (bicyclic) bond motifs is 4. The molecule has 11 heteroatoms. The quantitative estimate of drug-likeness (QED) is 0.425. The van der Waals surface area contributed by atoms with Crippen molar-refractivity contribution in [3.63, 3.8) is 0 Å². The molecule has 1 aromatic carbocycles. The Bertz CT molecular complexity index is 1290. The molecule has 1 N–H and O–H groups in total. The Morgan fingerprint density at radius 1 is 1.25 bits per heavy atom. The van der Waals surface area contributed by atoms with Crippen molar-refractivity contribution < 1.29 is 27.4 Å². The Labute approximate surface area is 153 Å². The van der Waals surface area contributed by atoms with Crippen molar-refractivity contribution in [1.29, 1.82) is 0 Å². The topological polar surface area (TPSA) is 98.6 Å². The number of pyridine rings is 1. The van der Waals surface area contributed by atoms with Crippen LogP contribution >= 0.6 is 0 Å². The normalized spacial score (nSPS) is 12.0. The second-order valence-electron chi connectivity index (χ2n) is 5.74. The van der Waals surface area contributed by atoms with Gasteiger partial charge < -0.3 is 14.5 Å². The molecule has 0 saturated heterocycles. The number of aromatic nitrogens is 4. The fourth-order valence-corrected chi connectivity index (χ4v) is 2.88. The van der Waals surface area contributed by atoms with Crippen molar-refractivity contribution in [3.05, 3.63) is 46.8 Å². The van der Waals surface area contributed by atoms with E-state index >= 15 is 0 Å². The van der Waals surface area contributed by atoms with Gasteiger partial charge in [0, 0.05) is 11.6 Å². The van der Waals surface area contributed by atoms with Crippen LogP contribution in [0.1, 0.15) is 17.4 Å². The summed E-state index contributed by atoms with van der Waals surface area (Å²) in [6.45, 7) is 1.73. The third kappa shape index (κ3) is 2.90. The first-order valence-electron chi connectivity index (χ1n) is 8.03. The van der Waals surface area contributed by atoms with Crippen LogP contribution in [0.4, 0.5) is 13.2 Å². The Hall–Kier alpha value is -3.63. The Morgan fingerprint density at radius 2 is 2.04 bits per heavy atom. The van der Waals surface area contributed by atoms with Crippen LogP contribution in [0.2, 0.25) is 0 Å². The van der Waals surface area contributed by atoms with Crippen molar-refractivity contribution in [2.24, 2.45) is 0 Å². The van der Waals surface area contributed by atoms with E-state index in [9.17, 15) is 22.8 Å². The average Bonchev–Trinajstić information content (AvgIpc) is 3.05. The number of H-pyrrole nitrogens is 1. The Balaban J connectivity index is 2.02. The molecule has 0 aliphatic rings. The number of hydrogen-bond donors (Lipinski definition) is 1. The molecule has 3 aromatic heterocycles. The smallest absolute Gasteiger partial charge is 0.461 e. The summed E-state index contributed by atoms with van der Waals surface area (Å²) in [5, 5.41) is 0.326. The number of rotatable bonds is 3. The number of ether oxygens (including phenoxy) is 2. The monoisotopic (exact) mass is 392 g/mol. The lowest BCUT2D eigenvalue weighted by molar-refractivity contribution is -0.274. The number of nitrogens with one attached hydrogen (secondary N) is 1. The van der Waals surface area contributed by atoms with Crippen LogP contribution in [-0.2, 0) is 4.74 Å². The number of aromatic amines is 1. The van der Waals surface area contributed by atoms with Crippen LogP contribution in [0.15, 0.2) is 35.5 Å². The van der Waals surface area contributed by atoms with E-state index in [4.69, 9.17) is 4.74 Å². The van der Waals surface area contributed by atoms with Gasteiger partial charge in [0.15, 0.2) is 11.3 Å². The highest BCUT2D eigenvalue weighted by molar-refractivity contribution is 6.04. The van der Waals surface area contributed by atoms with Gasteiger partial charge >= 0.3 is 12.3 Å². The van der Waals surface area contributed by atoms with E-state index in [0.29, 0.717) is 5.52 Å². The van der Waals surface area contributed by atoms with E-state index in [1.165, 1.54) is 12.3 Å². The van der Waals surface area contributed by atoms with Gasteiger partial charge in [-0.1, -0.05) is 0 Å². The first-order chi connectivity index (χ1) is 13.3. The lowest BCUT2D eigenvalue weighted by atomic mass is 10.1. The number of hydrogen-bond acceptors (Lipinski definition) is 6. The predicted octanol–water partition coefficient (Wildman–Crippen LogP) is 2.80. The third-order valence-corrected chi connectivity index (χ3v) is 4.00. The minimum Gasteiger partial charge on any atom is -0.461 e. The Kier molecular flexibility index (Phi) is 3.95. The molecule has 0 amide bonds. The van der Waals surface area contributed by atoms with E-state index in [1.54, 1.807) is 6.92 Å². The van der Waals surface area contributed by atoms with Crippen LogP contribution in [0, 0.1) is 0 Å². The first-order valence-corrected chi connectivity index (χ1v) is 8.03. The number of carbonyl (C=O) groups is 1. The van der Waals surface area contributed by atoms with E-state index in [-0.39, 0.29) is 34.2 Å². The number of benzene rings is 1. The summed E-state index contributed by atoms with van der Waals surface area (Å²) in [6, 6.07) is 3.57. The zero-order valence-electron chi connectivity index (χ0n) is 14.2. The summed E-state index contributed by atoms with van der Waals surface area (Å²) in [7, 11) is 0. The van der Waals surface area contributed by atoms with Crippen molar-refractivity contribution in [2.45, 2.75) is 13.3 Å². The molecule has 0 saturated carbocycles. The molecule has 0 atom stereocenters. The van der Waals surface area contributed by atoms with Crippen LogP contribution < -0.4 is 10.3 Å². The molecule has 0 unspecified atom stereocenters. The second kappa shape index (κ2) is 6.22. The van der Waals surface area contributed by atoms with Gasteiger partial charge in [-0.25, -0.2) is 14.2 Å². The standard InChI is InChI=1S/C17H11F3N4O4/c1-2-27-16(26)13-14-23-12-9-5-8(28-17(18,19)20)3-4-11(9)21-6-10(12)15(25)24(14)7-22-13/h3-7,23H,2H2,1H3. The van der Waals surface area contributed by atoms with Gasteiger partial charge in [-0.05, 0) is 25.1 Å². The van der Waals surface area contributed by atoms with Crippen LogP contribution in [0.5, 0.6) is 5.75 Å². The number of alkyl halides is 3. The molecule has 4 aromatic rings. The van der Waals surface area contributed by atoms with Crippen LogP contribution in [0.3, 0.4) is 0 Å². The fraction of sp³-hybridized carbons (Fsp3) is 0.176. The number of halogens is 3. The summed E-state index contributed by atoms with van der Waals surface area (Å²) in [4.78, 5) is 35.7. The van der Waals surface area contributed by atoms with Gasteiger partial charge in [0.2, 0.25) is 0 Å². The fourth-order valence-electron chi connectivity index (χ4n) is 2.88. The Morgan fingerprint density at radius 3 is 2.75 bits per heavy atom. The molecule has 0 aliphatic heterocycles. The van der Waals surface area contributed by atoms with Crippen molar-refractivity contribution in [2.75, 3.05) is 6.61 Å². The number of nitrogens with zero attached hydrogens (tertiary/aromatic N) is 3. The maximum Gasteiger partial charge on any atom is 0.573 e. The summed E-state index contributed by atoms with van der Waals surface area (Å²) < 4.78 is 47.6. The van der Waals surface area contributed by atoms with Crippen molar-refractivity contribution in [1.82, 2.24) is 19.4 Å². The highest BCUT2D eigenvalue weighted by Gasteiger charge is 2.31. The molecule has 0 spiro atoms. The number of esters is 1. The van der Waals surface area contributed by atoms with Gasteiger partial charge in [0.25, 0.3) is 5.56 Å². The zero-order chi connectivity index (χ0) is 20.1. The summed E-state index contributed by atoms with van der Waals surface area (Å²) >= 11 is 0. The summed E-state index contributed by atoms with van der Waals surface area (Å²) in [5.41, 5.74) is -0.0668. The van der Waals surface area contributed by atoms with Gasteiger partial charge in [-0.2, -0.15) is 0 Å². The molecule has 0 bridgehead atoms.